The Kier molecular flexibility index (Phi) is 8.30. The van der Waals surface area contributed by atoms with Crippen molar-refractivity contribution in [1.29, 1.82) is 0 Å². The van der Waals surface area contributed by atoms with Crippen molar-refractivity contribution in [2.75, 3.05) is 0 Å². The van der Waals surface area contributed by atoms with Crippen LogP contribution in [0.3, 0.4) is 0 Å². The topological polar surface area (TPSA) is 86.5 Å². The second-order valence-electron chi connectivity index (χ2n) is 9.41. The maximum absolute atomic E-state index is 13.7. The van der Waals surface area contributed by atoms with Crippen LogP contribution in [0.4, 0.5) is 26.3 Å². The van der Waals surface area contributed by atoms with Gasteiger partial charge in [-0.2, -0.15) is 31.4 Å². The van der Waals surface area contributed by atoms with E-state index in [-0.39, 0.29) is 24.7 Å². The standard InChI is InChI=1S/C31H21F6N3O4/c32-30(33,34)21-12-14-22(15-13-21)43-17-19-8-10-20(11-9-19)18-44-26-6-2-1-4-23(26)25-5-3-7-27(39-25)40-28(31(35,36)37)24(16-38-40)29(41)42/h1-16H,17-18H2,(H,41,42). The number of pyridine rings is 1. The SMILES string of the molecule is O=C(O)c1cnn(-c2cccc(-c3ccccc3OCc3ccc(COc4ccc(C(F)(F)F)cc4)cc3)n2)c1C(F)(F)F. The lowest BCUT2D eigenvalue weighted by Crippen LogP contribution is -2.18. The van der Waals surface area contributed by atoms with Gasteiger partial charge in [0.1, 0.15) is 30.3 Å². The zero-order valence-electron chi connectivity index (χ0n) is 22.4. The van der Waals surface area contributed by atoms with Crippen LogP contribution in [-0.4, -0.2) is 25.8 Å². The number of rotatable bonds is 9. The van der Waals surface area contributed by atoms with Crippen molar-refractivity contribution in [2.45, 2.75) is 25.6 Å². The van der Waals surface area contributed by atoms with Crippen molar-refractivity contribution in [1.82, 2.24) is 14.8 Å². The molecule has 0 fully saturated rings. The highest BCUT2D eigenvalue weighted by molar-refractivity contribution is 5.89. The molecule has 0 saturated carbocycles. The fourth-order valence-corrected chi connectivity index (χ4v) is 4.25. The van der Waals surface area contributed by atoms with Gasteiger partial charge in [-0.25, -0.2) is 14.5 Å². The molecule has 2 heterocycles. The summed E-state index contributed by atoms with van der Waals surface area (Å²) in [6.07, 6.45) is -8.79. The van der Waals surface area contributed by atoms with E-state index in [9.17, 15) is 36.2 Å². The van der Waals surface area contributed by atoms with Gasteiger partial charge < -0.3 is 14.6 Å². The Morgan fingerprint density at radius 1 is 0.750 bits per heavy atom. The monoisotopic (exact) mass is 613 g/mol. The molecule has 2 aromatic heterocycles. The Balaban J connectivity index is 1.28. The van der Waals surface area contributed by atoms with E-state index in [1.807, 2.05) is 0 Å². The molecular formula is C31H21F6N3O4. The second kappa shape index (κ2) is 12.1. The van der Waals surface area contributed by atoms with Gasteiger partial charge in [-0.15, -0.1) is 0 Å². The number of alkyl halides is 6. The van der Waals surface area contributed by atoms with E-state index >= 15 is 0 Å². The maximum Gasteiger partial charge on any atom is 0.434 e. The summed E-state index contributed by atoms with van der Waals surface area (Å²) in [6, 6.07) is 22.7. The van der Waals surface area contributed by atoms with E-state index in [1.165, 1.54) is 24.3 Å². The van der Waals surface area contributed by atoms with Gasteiger partial charge in [-0.05, 0) is 59.7 Å². The normalized spacial score (nSPS) is 11.8. The first-order valence-electron chi connectivity index (χ1n) is 12.9. The molecule has 226 valence electrons. The summed E-state index contributed by atoms with van der Waals surface area (Å²) in [6.45, 7) is 0.272. The molecule has 0 amide bonds. The van der Waals surface area contributed by atoms with Crippen LogP contribution in [0.15, 0.2) is 97.2 Å². The largest absolute Gasteiger partial charge is 0.489 e. The fourth-order valence-electron chi connectivity index (χ4n) is 4.25. The van der Waals surface area contributed by atoms with Crippen molar-refractivity contribution in [3.05, 3.63) is 125 Å². The van der Waals surface area contributed by atoms with Gasteiger partial charge in [0.05, 0.1) is 17.5 Å². The predicted molar refractivity (Wildman–Crippen MR) is 145 cm³/mol. The van der Waals surface area contributed by atoms with E-state index < -0.39 is 35.1 Å². The van der Waals surface area contributed by atoms with Crippen LogP contribution in [-0.2, 0) is 25.6 Å². The molecule has 0 unspecified atom stereocenters. The number of carboxylic acids is 1. The second-order valence-corrected chi connectivity index (χ2v) is 9.41. The van der Waals surface area contributed by atoms with Gasteiger partial charge in [0.15, 0.2) is 11.5 Å². The van der Waals surface area contributed by atoms with Crippen molar-refractivity contribution in [3.63, 3.8) is 0 Å². The minimum Gasteiger partial charge on any atom is -0.489 e. The van der Waals surface area contributed by atoms with Crippen molar-refractivity contribution < 1.29 is 45.7 Å². The molecule has 0 spiro atoms. The third-order valence-corrected chi connectivity index (χ3v) is 6.39. The number of aromatic carboxylic acids is 1. The summed E-state index contributed by atoms with van der Waals surface area (Å²) in [4.78, 5) is 15.7. The van der Waals surface area contributed by atoms with Gasteiger partial charge in [0.2, 0.25) is 0 Å². The molecule has 44 heavy (non-hydrogen) atoms. The maximum atomic E-state index is 13.7. The average Bonchev–Trinajstić information content (AvgIpc) is 3.47. The molecule has 3 aromatic carbocycles. The average molecular weight is 614 g/mol. The summed E-state index contributed by atoms with van der Waals surface area (Å²) in [5, 5.41) is 12.8. The summed E-state index contributed by atoms with van der Waals surface area (Å²) < 4.78 is 91.4. The Bertz CT molecular complexity index is 1770. The molecule has 0 radical (unpaired) electrons. The number of nitrogens with zero attached hydrogens (tertiary/aromatic N) is 3. The van der Waals surface area contributed by atoms with Crippen LogP contribution >= 0.6 is 0 Å². The third kappa shape index (κ3) is 6.83. The molecule has 0 aliphatic rings. The molecule has 0 aliphatic carbocycles. The lowest BCUT2D eigenvalue weighted by molar-refractivity contribution is -0.143. The minimum atomic E-state index is -4.99. The first kappa shape index (κ1) is 30.1. The summed E-state index contributed by atoms with van der Waals surface area (Å²) in [5.74, 6) is -1.30. The lowest BCUT2D eigenvalue weighted by Gasteiger charge is -2.14. The lowest BCUT2D eigenvalue weighted by atomic mass is 10.1. The molecule has 5 aromatic rings. The number of hydrogen-bond donors (Lipinski definition) is 1. The molecule has 0 saturated heterocycles. The van der Waals surface area contributed by atoms with Crippen LogP contribution in [0.2, 0.25) is 0 Å². The fraction of sp³-hybridized carbons (Fsp3) is 0.129. The van der Waals surface area contributed by atoms with Crippen LogP contribution in [0.5, 0.6) is 11.5 Å². The molecule has 0 bridgehead atoms. The summed E-state index contributed by atoms with van der Waals surface area (Å²) in [7, 11) is 0. The molecule has 5 rings (SSSR count). The summed E-state index contributed by atoms with van der Waals surface area (Å²) >= 11 is 0. The summed E-state index contributed by atoms with van der Waals surface area (Å²) in [5.41, 5.74) is -0.894. The zero-order chi connectivity index (χ0) is 31.5. The van der Waals surface area contributed by atoms with Gasteiger partial charge in [0, 0.05) is 5.56 Å². The smallest absolute Gasteiger partial charge is 0.434 e. The molecule has 13 heteroatoms. The van der Waals surface area contributed by atoms with E-state index in [0.717, 1.165) is 23.3 Å². The van der Waals surface area contributed by atoms with Crippen molar-refractivity contribution >= 4 is 5.97 Å². The highest BCUT2D eigenvalue weighted by atomic mass is 19.4. The number of hydrogen-bond acceptors (Lipinski definition) is 5. The van der Waals surface area contributed by atoms with E-state index in [2.05, 4.69) is 10.1 Å². The number of benzene rings is 3. The van der Waals surface area contributed by atoms with E-state index in [1.54, 1.807) is 54.6 Å². The number of carbonyl (C=O) groups is 1. The highest BCUT2D eigenvalue weighted by Gasteiger charge is 2.41. The molecule has 0 atom stereocenters. The van der Waals surface area contributed by atoms with Crippen LogP contribution in [0.25, 0.3) is 17.1 Å². The van der Waals surface area contributed by atoms with Gasteiger partial charge >= 0.3 is 18.3 Å². The number of halogens is 6. The van der Waals surface area contributed by atoms with Crippen LogP contribution < -0.4 is 9.47 Å². The first-order chi connectivity index (χ1) is 20.9. The predicted octanol–water partition coefficient (Wildman–Crippen LogP) is 7.83. The van der Waals surface area contributed by atoms with Gasteiger partial charge in [-0.3, -0.25) is 0 Å². The Morgan fingerprint density at radius 2 is 1.39 bits per heavy atom. The van der Waals surface area contributed by atoms with E-state index in [4.69, 9.17) is 9.47 Å². The minimum absolute atomic E-state index is 0.135. The molecule has 7 nitrogen and oxygen atoms in total. The van der Waals surface area contributed by atoms with E-state index in [0.29, 0.717) is 27.9 Å². The first-order valence-corrected chi connectivity index (χ1v) is 12.9. The molecule has 1 N–H and O–H groups in total. The Morgan fingerprint density at radius 3 is 2.00 bits per heavy atom. The molecular weight excluding hydrogens is 592 g/mol. The van der Waals surface area contributed by atoms with Gasteiger partial charge in [0.25, 0.3) is 0 Å². The molecule has 0 aliphatic heterocycles. The third-order valence-electron chi connectivity index (χ3n) is 6.39. The van der Waals surface area contributed by atoms with Crippen LogP contribution in [0, 0.1) is 0 Å². The highest BCUT2D eigenvalue weighted by Crippen LogP contribution is 2.35. The Labute approximate surface area is 245 Å². The van der Waals surface area contributed by atoms with Crippen molar-refractivity contribution in [3.8, 4) is 28.6 Å². The number of ether oxygens (including phenoxy) is 2. The Hall–Kier alpha value is -5.33. The van der Waals surface area contributed by atoms with Crippen molar-refractivity contribution in [2.24, 2.45) is 0 Å². The van der Waals surface area contributed by atoms with Gasteiger partial charge in [-0.1, -0.05) is 42.5 Å². The quantitative estimate of drug-likeness (QED) is 0.171. The zero-order valence-corrected chi connectivity index (χ0v) is 22.4. The number of carboxylic acid groups (broad SMARTS) is 1. The number of aromatic nitrogens is 3. The number of para-hydroxylation sites is 1. The van der Waals surface area contributed by atoms with Crippen LogP contribution in [0.1, 0.15) is 32.7 Å².